The van der Waals surface area contributed by atoms with E-state index in [2.05, 4.69) is 25.6 Å². The molecule has 204 valence electrons. The first-order chi connectivity index (χ1) is 18.7. The molecule has 2 aromatic carbocycles. The lowest BCUT2D eigenvalue weighted by Crippen LogP contribution is -2.58. The Kier molecular flexibility index (Phi) is 8.47. The summed E-state index contributed by atoms with van der Waals surface area (Å²) in [5.41, 5.74) is 9.14. The molecule has 4 aromatic rings. The second kappa shape index (κ2) is 12.0. The number of nitrogens with two attached hydrogens (primary N) is 1. The molecular formula is C26H29ClN8O4. The standard InChI is InChI=1S/C23H21ClN6O3.C3H8N2O/c24-15-2-4-18-14(6-15)7-16(28-18)9-29-10-20(23(32)33)30(21(31)11-29)8-13-1-3-17-19(5-13)26-12-27-22(17)25;1-4-3(6)5-2/h1-7,12,20,28H,8-11H2,(H,32,33)(H2,25,26,27);1-2H3,(H2,4,5,6). The van der Waals surface area contributed by atoms with E-state index in [-0.39, 0.29) is 31.6 Å². The van der Waals surface area contributed by atoms with Crippen LogP contribution in [0.5, 0.6) is 0 Å². The third kappa shape index (κ3) is 6.54. The van der Waals surface area contributed by atoms with Gasteiger partial charge in [0.25, 0.3) is 0 Å². The highest BCUT2D eigenvalue weighted by molar-refractivity contribution is 6.31. The topological polar surface area (TPSA) is 170 Å². The molecule has 0 spiro atoms. The molecule has 3 heterocycles. The van der Waals surface area contributed by atoms with Crippen molar-refractivity contribution in [1.82, 2.24) is 35.4 Å². The van der Waals surface area contributed by atoms with Crippen LogP contribution in [0, 0.1) is 0 Å². The summed E-state index contributed by atoms with van der Waals surface area (Å²) in [7, 11) is 3.14. The Morgan fingerprint density at radius 2 is 1.90 bits per heavy atom. The van der Waals surface area contributed by atoms with Crippen molar-refractivity contribution in [2.75, 3.05) is 32.9 Å². The van der Waals surface area contributed by atoms with Gasteiger partial charge in [0.05, 0.1) is 12.1 Å². The molecular weight excluding hydrogens is 524 g/mol. The second-order valence-electron chi connectivity index (χ2n) is 9.01. The lowest BCUT2D eigenvalue weighted by Gasteiger charge is -2.38. The number of benzene rings is 2. The fourth-order valence-corrected chi connectivity index (χ4v) is 4.61. The number of carboxylic acids is 1. The minimum atomic E-state index is -1.04. The highest BCUT2D eigenvalue weighted by atomic mass is 35.5. The van der Waals surface area contributed by atoms with Crippen molar-refractivity contribution in [3.05, 3.63) is 65.1 Å². The van der Waals surface area contributed by atoms with Crippen molar-refractivity contribution < 1.29 is 19.5 Å². The average molecular weight is 553 g/mol. The fourth-order valence-electron chi connectivity index (χ4n) is 4.43. The molecule has 1 aliphatic rings. The van der Waals surface area contributed by atoms with Crippen LogP contribution in [0.2, 0.25) is 5.02 Å². The number of nitrogen functional groups attached to an aromatic ring is 1. The van der Waals surface area contributed by atoms with Gasteiger partial charge in [-0.15, -0.1) is 0 Å². The van der Waals surface area contributed by atoms with E-state index >= 15 is 0 Å². The van der Waals surface area contributed by atoms with Gasteiger partial charge in [0.2, 0.25) is 5.91 Å². The first-order valence-electron chi connectivity index (χ1n) is 12.1. The molecule has 5 rings (SSSR count). The van der Waals surface area contributed by atoms with Crippen LogP contribution in [-0.4, -0.2) is 81.0 Å². The van der Waals surface area contributed by atoms with Crippen molar-refractivity contribution in [3.63, 3.8) is 0 Å². The number of anilines is 1. The number of amides is 3. The van der Waals surface area contributed by atoms with Crippen molar-refractivity contribution in [2.45, 2.75) is 19.1 Å². The summed E-state index contributed by atoms with van der Waals surface area (Å²) in [5, 5.41) is 16.9. The fraction of sp³-hybridized carbons (Fsp3) is 0.269. The molecule has 1 unspecified atom stereocenters. The van der Waals surface area contributed by atoms with Crippen LogP contribution in [0.15, 0.2) is 48.8 Å². The zero-order valence-corrected chi connectivity index (χ0v) is 22.2. The summed E-state index contributed by atoms with van der Waals surface area (Å²) in [5.74, 6) is -0.905. The third-order valence-corrected chi connectivity index (χ3v) is 6.58. The van der Waals surface area contributed by atoms with Crippen LogP contribution < -0.4 is 16.4 Å². The number of rotatable bonds is 5. The molecule has 0 bridgehead atoms. The molecule has 3 amide bonds. The van der Waals surface area contributed by atoms with Gasteiger partial charge in [0.1, 0.15) is 18.2 Å². The number of carbonyl (C=O) groups is 3. The zero-order chi connectivity index (χ0) is 28.1. The number of aliphatic carboxylic acids is 1. The van der Waals surface area contributed by atoms with Crippen molar-refractivity contribution >= 4 is 57.1 Å². The summed E-state index contributed by atoms with van der Waals surface area (Å²) in [6.45, 7) is 0.957. The molecule has 0 saturated carbocycles. The van der Waals surface area contributed by atoms with Crippen molar-refractivity contribution in [1.29, 1.82) is 0 Å². The van der Waals surface area contributed by atoms with Crippen LogP contribution in [0.4, 0.5) is 10.6 Å². The number of aromatic nitrogens is 3. The number of urea groups is 1. The summed E-state index contributed by atoms with van der Waals surface area (Å²) in [6, 6.07) is 11.8. The predicted octanol–water partition coefficient (Wildman–Crippen LogP) is 2.19. The molecule has 12 nitrogen and oxygen atoms in total. The van der Waals surface area contributed by atoms with Gasteiger partial charge >= 0.3 is 12.0 Å². The molecule has 39 heavy (non-hydrogen) atoms. The number of fused-ring (bicyclic) bond motifs is 2. The van der Waals surface area contributed by atoms with Gasteiger partial charge in [0, 0.05) is 60.7 Å². The summed E-state index contributed by atoms with van der Waals surface area (Å²) in [6.07, 6.45) is 1.38. The number of carbonyl (C=O) groups excluding carboxylic acids is 2. The predicted molar refractivity (Wildman–Crippen MR) is 148 cm³/mol. The van der Waals surface area contributed by atoms with Gasteiger partial charge < -0.3 is 31.4 Å². The first-order valence-corrected chi connectivity index (χ1v) is 12.5. The quantitative estimate of drug-likeness (QED) is 0.251. The summed E-state index contributed by atoms with van der Waals surface area (Å²) in [4.78, 5) is 49.8. The van der Waals surface area contributed by atoms with Crippen LogP contribution in [-0.2, 0) is 22.7 Å². The Labute approximate surface area is 229 Å². The molecule has 1 saturated heterocycles. The molecule has 0 aliphatic carbocycles. The Hall–Kier alpha value is -4.42. The Morgan fingerprint density at radius 1 is 1.13 bits per heavy atom. The maximum Gasteiger partial charge on any atom is 0.327 e. The number of H-pyrrole nitrogens is 1. The van der Waals surface area contributed by atoms with E-state index < -0.39 is 12.0 Å². The average Bonchev–Trinajstić information content (AvgIpc) is 3.31. The van der Waals surface area contributed by atoms with Crippen LogP contribution in [0.1, 0.15) is 11.3 Å². The highest BCUT2D eigenvalue weighted by Gasteiger charge is 2.37. The van der Waals surface area contributed by atoms with Crippen molar-refractivity contribution in [2.24, 2.45) is 0 Å². The number of aromatic amines is 1. The van der Waals surface area contributed by atoms with Crippen LogP contribution in [0.3, 0.4) is 0 Å². The minimum absolute atomic E-state index is 0.128. The van der Waals surface area contributed by atoms with Crippen LogP contribution in [0.25, 0.3) is 21.8 Å². The SMILES string of the molecule is CNC(=O)NC.Nc1ncnc2cc(CN3C(=O)CN(Cc4cc5cc(Cl)ccc5[nH]4)CC3C(=O)O)ccc12. The number of piperazine rings is 1. The number of halogens is 1. The number of nitrogens with zero attached hydrogens (tertiary/aromatic N) is 4. The maximum absolute atomic E-state index is 13.0. The summed E-state index contributed by atoms with van der Waals surface area (Å²) >= 11 is 6.06. The Balaban J connectivity index is 0.000000531. The molecule has 1 fully saturated rings. The Bertz CT molecular complexity index is 1520. The van der Waals surface area contributed by atoms with Gasteiger partial charge in [-0.1, -0.05) is 17.7 Å². The number of carboxylic acid groups (broad SMARTS) is 1. The van der Waals surface area contributed by atoms with Crippen molar-refractivity contribution in [3.8, 4) is 0 Å². The smallest absolute Gasteiger partial charge is 0.327 e. The van der Waals surface area contributed by atoms with E-state index in [9.17, 15) is 19.5 Å². The molecule has 1 aliphatic heterocycles. The second-order valence-corrected chi connectivity index (χ2v) is 9.45. The molecule has 2 aromatic heterocycles. The monoisotopic (exact) mass is 552 g/mol. The molecule has 13 heteroatoms. The van der Waals surface area contributed by atoms with E-state index in [4.69, 9.17) is 17.3 Å². The summed E-state index contributed by atoms with van der Waals surface area (Å²) < 4.78 is 0. The lowest BCUT2D eigenvalue weighted by molar-refractivity contribution is -0.156. The molecule has 1 atom stereocenters. The zero-order valence-electron chi connectivity index (χ0n) is 21.4. The van der Waals surface area contributed by atoms with E-state index in [0.717, 1.165) is 22.2 Å². The van der Waals surface area contributed by atoms with Gasteiger partial charge in [0.15, 0.2) is 0 Å². The van der Waals surface area contributed by atoms with Gasteiger partial charge in [-0.2, -0.15) is 0 Å². The third-order valence-electron chi connectivity index (χ3n) is 6.34. The van der Waals surface area contributed by atoms with E-state index in [1.54, 1.807) is 26.2 Å². The largest absolute Gasteiger partial charge is 0.480 e. The Morgan fingerprint density at radius 3 is 2.59 bits per heavy atom. The number of hydrogen-bond acceptors (Lipinski definition) is 7. The maximum atomic E-state index is 13.0. The molecule has 0 radical (unpaired) electrons. The van der Waals surface area contributed by atoms with Gasteiger partial charge in [-0.3, -0.25) is 9.69 Å². The van der Waals surface area contributed by atoms with E-state index in [1.807, 2.05) is 35.2 Å². The first kappa shape index (κ1) is 27.6. The van der Waals surface area contributed by atoms with Crippen LogP contribution >= 0.6 is 11.6 Å². The van der Waals surface area contributed by atoms with E-state index in [1.165, 1.54) is 11.2 Å². The molecule has 6 N–H and O–H groups in total. The lowest BCUT2D eigenvalue weighted by atomic mass is 10.1. The van der Waals surface area contributed by atoms with E-state index in [0.29, 0.717) is 28.3 Å². The van der Waals surface area contributed by atoms with Gasteiger partial charge in [-0.05, 0) is 42.0 Å². The number of nitrogens with one attached hydrogen (secondary N) is 3. The highest BCUT2D eigenvalue weighted by Crippen LogP contribution is 2.24. The minimum Gasteiger partial charge on any atom is -0.480 e. The van der Waals surface area contributed by atoms with Gasteiger partial charge in [-0.25, -0.2) is 19.6 Å². The normalized spacial score (nSPS) is 15.6. The number of hydrogen-bond donors (Lipinski definition) is 5.